The van der Waals surface area contributed by atoms with Gasteiger partial charge in [0, 0.05) is 28.6 Å². The summed E-state index contributed by atoms with van der Waals surface area (Å²) >= 11 is 0. The summed E-state index contributed by atoms with van der Waals surface area (Å²) in [4.78, 5) is 17.2. The number of anilines is 2. The number of rotatable bonds is 6. The number of halogens is 1. The average Bonchev–Trinajstić information content (AvgIpc) is 2.99. The number of amides is 1. The van der Waals surface area contributed by atoms with Gasteiger partial charge >= 0.3 is 0 Å². The first-order valence-electron chi connectivity index (χ1n) is 10.5. The third kappa shape index (κ3) is 4.80. The minimum atomic E-state index is -0.0204. The Hall–Kier alpha value is -3.11. The van der Waals surface area contributed by atoms with Gasteiger partial charge in [-0.15, -0.1) is 12.4 Å². The fourth-order valence-electron chi connectivity index (χ4n) is 3.63. The van der Waals surface area contributed by atoms with Crippen LogP contribution in [0.3, 0.4) is 0 Å². The fourth-order valence-corrected chi connectivity index (χ4v) is 3.63. The molecule has 2 N–H and O–H groups in total. The van der Waals surface area contributed by atoms with Crippen LogP contribution >= 0.6 is 12.4 Å². The van der Waals surface area contributed by atoms with Crippen LogP contribution in [-0.4, -0.2) is 10.9 Å². The largest absolute Gasteiger partial charge is 0.377 e. The molecule has 0 fully saturated rings. The highest BCUT2D eigenvalue weighted by molar-refractivity contribution is 6.04. The van der Waals surface area contributed by atoms with Crippen LogP contribution in [0, 0.1) is 5.92 Å². The van der Waals surface area contributed by atoms with E-state index in [-0.39, 0.29) is 30.3 Å². The average molecular weight is 434 g/mol. The second-order valence-electron chi connectivity index (χ2n) is 7.81. The quantitative estimate of drug-likeness (QED) is 0.347. The van der Waals surface area contributed by atoms with E-state index in [1.807, 2.05) is 38.1 Å². The molecule has 4 nitrogen and oxygen atoms in total. The first kappa shape index (κ1) is 22.6. The van der Waals surface area contributed by atoms with Crippen LogP contribution in [0.2, 0.25) is 0 Å². The molecule has 5 heteroatoms. The maximum Gasteiger partial charge on any atom is 0.227 e. The van der Waals surface area contributed by atoms with Crippen LogP contribution in [0.1, 0.15) is 38.8 Å². The predicted octanol–water partition coefficient (Wildman–Crippen LogP) is 6.92. The molecule has 0 saturated heterocycles. The SMILES string of the molecule is CCC(C)C(=O)Nc1cccc2c3cccc(NC(C)c4ccccc4)c3nc-2c1.Cl. The molecule has 0 bridgehead atoms. The number of hydrogen-bond acceptors (Lipinski definition) is 3. The molecule has 2 aromatic rings. The van der Waals surface area contributed by atoms with Gasteiger partial charge in [0.2, 0.25) is 5.91 Å². The zero-order valence-electron chi connectivity index (χ0n) is 18.1. The molecule has 4 rings (SSSR count). The Kier molecular flexibility index (Phi) is 7.13. The number of nitrogens with zero attached hydrogens (tertiary/aromatic N) is 1. The Morgan fingerprint density at radius 3 is 2.45 bits per heavy atom. The van der Waals surface area contributed by atoms with E-state index in [9.17, 15) is 4.79 Å². The Morgan fingerprint density at radius 1 is 0.968 bits per heavy atom. The molecule has 1 aliphatic heterocycles. The van der Waals surface area contributed by atoms with Gasteiger partial charge in [0.25, 0.3) is 0 Å². The third-order valence-electron chi connectivity index (χ3n) is 5.66. The van der Waals surface area contributed by atoms with Crippen LogP contribution < -0.4 is 10.6 Å². The van der Waals surface area contributed by atoms with E-state index in [4.69, 9.17) is 4.98 Å². The van der Waals surface area contributed by atoms with Crippen molar-refractivity contribution in [1.29, 1.82) is 0 Å². The molecule has 2 atom stereocenters. The lowest BCUT2D eigenvalue weighted by atomic mass is 10.1. The zero-order chi connectivity index (χ0) is 21.1. The van der Waals surface area contributed by atoms with Crippen molar-refractivity contribution in [3.8, 4) is 11.3 Å². The molecular weight excluding hydrogens is 406 g/mol. The molecule has 0 radical (unpaired) electrons. The summed E-state index contributed by atoms with van der Waals surface area (Å²) in [6, 6.07) is 24.7. The number of carbonyl (C=O) groups is 1. The van der Waals surface area contributed by atoms with Crippen LogP contribution in [0.5, 0.6) is 0 Å². The Morgan fingerprint density at radius 2 is 1.71 bits per heavy atom. The van der Waals surface area contributed by atoms with Gasteiger partial charge in [-0.1, -0.05) is 68.4 Å². The molecule has 2 aromatic carbocycles. The summed E-state index contributed by atoms with van der Waals surface area (Å²) in [6.07, 6.45) is 0.813. The minimum absolute atomic E-state index is 0. The van der Waals surface area contributed by atoms with Crippen molar-refractivity contribution >= 4 is 40.6 Å². The second kappa shape index (κ2) is 9.80. The van der Waals surface area contributed by atoms with Crippen LogP contribution in [0.25, 0.3) is 22.2 Å². The first-order chi connectivity index (χ1) is 14.6. The Balaban J connectivity index is 0.00000272. The summed E-state index contributed by atoms with van der Waals surface area (Å²) in [5.74, 6) is 0.0139. The van der Waals surface area contributed by atoms with Gasteiger partial charge in [-0.05, 0) is 37.1 Å². The molecule has 0 saturated carbocycles. The summed E-state index contributed by atoms with van der Waals surface area (Å²) in [6.45, 7) is 6.11. The first-order valence-corrected chi connectivity index (χ1v) is 10.5. The van der Waals surface area contributed by atoms with E-state index in [0.29, 0.717) is 0 Å². The van der Waals surface area contributed by atoms with Crippen LogP contribution in [-0.2, 0) is 4.79 Å². The molecule has 1 amide bonds. The standard InChI is InChI=1S/C26H27N3O.ClH/c1-4-17(2)26(30)28-20-12-8-13-21-22-14-9-15-23(25(22)29-24(21)16-20)27-18(3)19-10-6-5-7-11-19;/h5-18,27H,4H2,1-3H3,(H,28,30);1H. The van der Waals surface area contributed by atoms with Gasteiger partial charge in [-0.3, -0.25) is 4.79 Å². The third-order valence-corrected chi connectivity index (χ3v) is 5.66. The molecule has 1 heterocycles. The van der Waals surface area contributed by atoms with Gasteiger partial charge in [0.05, 0.1) is 16.9 Å². The van der Waals surface area contributed by atoms with Gasteiger partial charge in [0.1, 0.15) is 0 Å². The van der Waals surface area contributed by atoms with Crippen molar-refractivity contribution in [2.24, 2.45) is 5.92 Å². The van der Waals surface area contributed by atoms with E-state index in [0.717, 1.165) is 40.0 Å². The van der Waals surface area contributed by atoms with Gasteiger partial charge in [0.15, 0.2) is 0 Å². The number of fused-ring (bicyclic) bond motifs is 3. The van der Waals surface area contributed by atoms with Crippen LogP contribution in [0.4, 0.5) is 11.4 Å². The maximum atomic E-state index is 12.3. The van der Waals surface area contributed by atoms with Crippen molar-refractivity contribution < 1.29 is 4.79 Å². The molecule has 0 aromatic heterocycles. The Labute approximate surface area is 189 Å². The number of benzene rings is 2. The zero-order valence-corrected chi connectivity index (χ0v) is 18.9. The van der Waals surface area contributed by atoms with Crippen molar-refractivity contribution in [2.75, 3.05) is 10.6 Å². The molecule has 160 valence electrons. The smallest absolute Gasteiger partial charge is 0.227 e. The maximum absolute atomic E-state index is 12.3. The van der Waals surface area contributed by atoms with Crippen molar-refractivity contribution in [1.82, 2.24) is 4.98 Å². The number of nitrogens with one attached hydrogen (secondary N) is 2. The molecule has 2 unspecified atom stereocenters. The highest BCUT2D eigenvalue weighted by atomic mass is 35.5. The number of para-hydroxylation sites is 1. The second-order valence-corrected chi connectivity index (χ2v) is 7.81. The number of carbonyl (C=O) groups excluding carboxylic acids is 1. The van der Waals surface area contributed by atoms with Crippen molar-refractivity contribution in [3.63, 3.8) is 0 Å². The Bertz CT molecular complexity index is 1150. The summed E-state index contributed by atoms with van der Waals surface area (Å²) < 4.78 is 0. The lowest BCUT2D eigenvalue weighted by Crippen LogP contribution is -2.19. The van der Waals surface area contributed by atoms with E-state index in [1.165, 1.54) is 5.56 Å². The predicted molar refractivity (Wildman–Crippen MR) is 132 cm³/mol. The van der Waals surface area contributed by atoms with Gasteiger partial charge in [-0.25, -0.2) is 4.98 Å². The molecular formula is C26H28ClN3O. The highest BCUT2D eigenvalue weighted by Crippen LogP contribution is 2.36. The summed E-state index contributed by atoms with van der Waals surface area (Å²) in [5, 5.41) is 7.73. The summed E-state index contributed by atoms with van der Waals surface area (Å²) in [5.41, 5.74) is 5.90. The van der Waals surface area contributed by atoms with E-state index in [1.54, 1.807) is 0 Å². The summed E-state index contributed by atoms with van der Waals surface area (Å²) in [7, 11) is 0. The number of aromatic nitrogens is 1. The van der Waals surface area contributed by atoms with Crippen molar-refractivity contribution in [2.45, 2.75) is 33.2 Å². The van der Waals surface area contributed by atoms with E-state index in [2.05, 4.69) is 66.1 Å². The normalized spacial score (nSPS) is 12.7. The lowest BCUT2D eigenvalue weighted by molar-refractivity contribution is -0.119. The molecule has 0 spiro atoms. The molecule has 31 heavy (non-hydrogen) atoms. The fraction of sp³-hybridized carbons (Fsp3) is 0.231. The van der Waals surface area contributed by atoms with Gasteiger partial charge < -0.3 is 10.6 Å². The highest BCUT2D eigenvalue weighted by Gasteiger charge is 2.16. The van der Waals surface area contributed by atoms with Crippen LogP contribution in [0.15, 0.2) is 72.8 Å². The monoisotopic (exact) mass is 433 g/mol. The van der Waals surface area contributed by atoms with Gasteiger partial charge in [-0.2, -0.15) is 0 Å². The molecule has 2 aliphatic rings. The van der Waals surface area contributed by atoms with E-state index >= 15 is 0 Å². The number of hydrogen-bond donors (Lipinski definition) is 2. The topological polar surface area (TPSA) is 54.0 Å². The molecule has 1 aliphatic carbocycles. The minimum Gasteiger partial charge on any atom is -0.377 e. The lowest BCUT2D eigenvalue weighted by Gasteiger charge is -2.16. The van der Waals surface area contributed by atoms with E-state index < -0.39 is 0 Å². The van der Waals surface area contributed by atoms with Crippen molar-refractivity contribution in [3.05, 3.63) is 78.4 Å².